The fourth-order valence-corrected chi connectivity index (χ4v) is 1.43. The number of rotatable bonds is 9. The number of aliphatic hydroxyl groups is 1. The van der Waals surface area contributed by atoms with Gasteiger partial charge in [-0.1, -0.05) is 6.92 Å². The monoisotopic (exact) mass is 245 g/mol. The number of carbonyl (C=O) groups is 2. The van der Waals surface area contributed by atoms with Gasteiger partial charge in [0.15, 0.2) is 0 Å². The smallest absolute Gasteiger partial charge is 0.234 e. The molecule has 0 aromatic heterocycles. The Morgan fingerprint density at radius 1 is 1.18 bits per heavy atom. The lowest BCUT2D eigenvalue weighted by Gasteiger charge is -2.19. The third-order valence-electron chi connectivity index (χ3n) is 2.14. The first-order valence-electron chi connectivity index (χ1n) is 5.94. The fourth-order valence-electron chi connectivity index (χ4n) is 1.43. The van der Waals surface area contributed by atoms with Crippen molar-refractivity contribution in [3.63, 3.8) is 0 Å². The van der Waals surface area contributed by atoms with Crippen LogP contribution in [0.25, 0.3) is 0 Å². The minimum atomic E-state index is -0.105. The number of nitrogens with one attached hydrogen (secondary N) is 2. The Kier molecular flexibility index (Phi) is 9.37. The zero-order chi connectivity index (χ0) is 13.1. The molecule has 0 heterocycles. The summed E-state index contributed by atoms with van der Waals surface area (Å²) in [5, 5.41) is 14.1. The molecule has 6 heteroatoms. The first-order chi connectivity index (χ1) is 8.10. The number of hydrogen-bond acceptors (Lipinski definition) is 4. The highest BCUT2D eigenvalue weighted by Crippen LogP contribution is 1.90. The van der Waals surface area contributed by atoms with Crippen molar-refractivity contribution in [3.8, 4) is 0 Å². The van der Waals surface area contributed by atoms with Gasteiger partial charge in [0.2, 0.25) is 11.8 Å². The minimum Gasteiger partial charge on any atom is -0.395 e. The Morgan fingerprint density at radius 2 is 1.82 bits per heavy atom. The topological polar surface area (TPSA) is 81.7 Å². The van der Waals surface area contributed by atoms with Gasteiger partial charge in [-0.3, -0.25) is 14.5 Å². The van der Waals surface area contributed by atoms with Gasteiger partial charge in [0.25, 0.3) is 0 Å². The lowest BCUT2D eigenvalue weighted by atomic mass is 10.4. The van der Waals surface area contributed by atoms with Crippen molar-refractivity contribution in [2.45, 2.75) is 20.3 Å². The van der Waals surface area contributed by atoms with Gasteiger partial charge in [0.1, 0.15) is 0 Å². The van der Waals surface area contributed by atoms with Crippen molar-refractivity contribution in [1.82, 2.24) is 15.5 Å². The SMILES string of the molecule is CCCN(CCO)CC(=O)NCCNC(C)=O. The molecule has 17 heavy (non-hydrogen) atoms. The lowest BCUT2D eigenvalue weighted by molar-refractivity contribution is -0.123. The summed E-state index contributed by atoms with van der Waals surface area (Å²) in [6.45, 7) is 5.97. The molecular formula is C11H23N3O3. The molecule has 0 saturated carbocycles. The van der Waals surface area contributed by atoms with Crippen LogP contribution in [0, 0.1) is 0 Å². The average Bonchev–Trinajstić information content (AvgIpc) is 2.25. The van der Waals surface area contributed by atoms with Crippen molar-refractivity contribution in [1.29, 1.82) is 0 Å². The van der Waals surface area contributed by atoms with Crippen LogP contribution in [0.15, 0.2) is 0 Å². The highest BCUT2D eigenvalue weighted by molar-refractivity contribution is 5.78. The molecule has 0 spiro atoms. The predicted molar refractivity (Wildman–Crippen MR) is 65.5 cm³/mol. The van der Waals surface area contributed by atoms with E-state index >= 15 is 0 Å². The second-order valence-corrected chi connectivity index (χ2v) is 3.83. The predicted octanol–water partition coefficient (Wildman–Crippen LogP) is -1.06. The maximum absolute atomic E-state index is 11.5. The lowest BCUT2D eigenvalue weighted by Crippen LogP contribution is -2.41. The molecule has 0 aliphatic heterocycles. The molecule has 0 saturated heterocycles. The van der Waals surface area contributed by atoms with E-state index < -0.39 is 0 Å². The minimum absolute atomic E-state index is 0.0547. The molecule has 0 aromatic carbocycles. The standard InChI is InChI=1S/C11H23N3O3/c1-3-6-14(7-8-15)9-11(17)13-5-4-12-10(2)16/h15H,3-9H2,1-2H3,(H,12,16)(H,13,17). The molecule has 0 aliphatic rings. The highest BCUT2D eigenvalue weighted by Gasteiger charge is 2.08. The molecule has 0 aromatic rings. The van der Waals surface area contributed by atoms with E-state index in [2.05, 4.69) is 10.6 Å². The van der Waals surface area contributed by atoms with Gasteiger partial charge in [0.05, 0.1) is 13.2 Å². The van der Waals surface area contributed by atoms with E-state index in [1.165, 1.54) is 6.92 Å². The van der Waals surface area contributed by atoms with Crippen molar-refractivity contribution in [2.75, 3.05) is 39.3 Å². The van der Waals surface area contributed by atoms with Crippen molar-refractivity contribution in [3.05, 3.63) is 0 Å². The molecule has 0 unspecified atom stereocenters. The molecule has 0 bridgehead atoms. The summed E-state index contributed by atoms with van der Waals surface area (Å²) in [5.41, 5.74) is 0. The first-order valence-corrected chi connectivity index (χ1v) is 5.94. The Hall–Kier alpha value is -1.14. The van der Waals surface area contributed by atoms with Crippen LogP contribution in [-0.4, -0.2) is 61.2 Å². The number of carbonyl (C=O) groups excluding carboxylic acids is 2. The van der Waals surface area contributed by atoms with Crippen molar-refractivity contribution < 1.29 is 14.7 Å². The summed E-state index contributed by atoms with van der Waals surface area (Å²) in [6, 6.07) is 0. The molecule has 0 atom stereocenters. The molecule has 6 nitrogen and oxygen atoms in total. The van der Waals surface area contributed by atoms with E-state index in [1.807, 2.05) is 11.8 Å². The third-order valence-corrected chi connectivity index (χ3v) is 2.14. The van der Waals surface area contributed by atoms with Gasteiger partial charge < -0.3 is 15.7 Å². The van der Waals surface area contributed by atoms with Gasteiger partial charge in [-0.15, -0.1) is 0 Å². The summed E-state index contributed by atoms with van der Waals surface area (Å²) in [5.74, 6) is -0.190. The zero-order valence-electron chi connectivity index (χ0n) is 10.7. The number of amides is 2. The van der Waals surface area contributed by atoms with Crippen molar-refractivity contribution in [2.24, 2.45) is 0 Å². The van der Waals surface area contributed by atoms with Gasteiger partial charge in [0, 0.05) is 26.6 Å². The second-order valence-electron chi connectivity index (χ2n) is 3.83. The maximum Gasteiger partial charge on any atom is 0.234 e. The Bertz CT molecular complexity index is 228. The molecule has 0 aliphatic carbocycles. The van der Waals surface area contributed by atoms with E-state index in [4.69, 9.17) is 5.11 Å². The molecule has 0 fully saturated rings. The molecule has 2 amide bonds. The van der Waals surface area contributed by atoms with E-state index in [0.29, 0.717) is 19.6 Å². The largest absolute Gasteiger partial charge is 0.395 e. The third kappa shape index (κ3) is 9.77. The quantitative estimate of drug-likeness (QED) is 0.452. The summed E-state index contributed by atoms with van der Waals surface area (Å²) < 4.78 is 0. The maximum atomic E-state index is 11.5. The summed E-state index contributed by atoms with van der Waals surface area (Å²) in [4.78, 5) is 24.0. The normalized spacial score (nSPS) is 10.4. The molecular weight excluding hydrogens is 222 g/mol. The van der Waals surface area contributed by atoms with Gasteiger partial charge >= 0.3 is 0 Å². The zero-order valence-corrected chi connectivity index (χ0v) is 10.7. The molecule has 3 N–H and O–H groups in total. The van der Waals surface area contributed by atoms with E-state index in [1.54, 1.807) is 0 Å². The van der Waals surface area contributed by atoms with Crippen molar-refractivity contribution >= 4 is 11.8 Å². The molecule has 0 rings (SSSR count). The first kappa shape index (κ1) is 15.9. The van der Waals surface area contributed by atoms with Crippen LogP contribution in [0.5, 0.6) is 0 Å². The Labute approximate surface area is 102 Å². The van der Waals surface area contributed by atoms with Crippen LogP contribution in [-0.2, 0) is 9.59 Å². The average molecular weight is 245 g/mol. The second kappa shape index (κ2) is 10.0. The summed E-state index contributed by atoms with van der Waals surface area (Å²) in [7, 11) is 0. The fraction of sp³-hybridized carbons (Fsp3) is 0.818. The van der Waals surface area contributed by atoms with Gasteiger partial charge in [-0.2, -0.15) is 0 Å². The van der Waals surface area contributed by atoms with Crippen LogP contribution < -0.4 is 10.6 Å². The van der Waals surface area contributed by atoms with Crippen LogP contribution in [0.3, 0.4) is 0 Å². The van der Waals surface area contributed by atoms with Crippen LogP contribution in [0.2, 0.25) is 0 Å². The Morgan fingerprint density at radius 3 is 2.35 bits per heavy atom. The van der Waals surface area contributed by atoms with Crippen LogP contribution in [0.4, 0.5) is 0 Å². The van der Waals surface area contributed by atoms with E-state index in [0.717, 1.165) is 13.0 Å². The van der Waals surface area contributed by atoms with Gasteiger partial charge in [-0.25, -0.2) is 0 Å². The van der Waals surface area contributed by atoms with Crippen LogP contribution in [0.1, 0.15) is 20.3 Å². The summed E-state index contributed by atoms with van der Waals surface area (Å²) >= 11 is 0. The summed E-state index contributed by atoms with van der Waals surface area (Å²) in [6.07, 6.45) is 0.944. The van der Waals surface area contributed by atoms with Crippen LogP contribution >= 0.6 is 0 Å². The van der Waals surface area contributed by atoms with E-state index in [-0.39, 0.29) is 25.0 Å². The molecule has 0 radical (unpaired) electrons. The number of nitrogens with zero attached hydrogens (tertiary/aromatic N) is 1. The van der Waals surface area contributed by atoms with Gasteiger partial charge in [-0.05, 0) is 13.0 Å². The number of aliphatic hydroxyl groups excluding tert-OH is 1. The molecule has 100 valence electrons. The number of hydrogen-bond donors (Lipinski definition) is 3. The van der Waals surface area contributed by atoms with E-state index in [9.17, 15) is 9.59 Å². The highest BCUT2D eigenvalue weighted by atomic mass is 16.3. The Balaban J connectivity index is 3.70.